The fourth-order valence-corrected chi connectivity index (χ4v) is 1.90. The molecule has 0 unspecified atom stereocenters. The Morgan fingerprint density at radius 1 is 1.15 bits per heavy atom. The number of benzene rings is 1. The van der Waals surface area contributed by atoms with Crippen LogP contribution < -0.4 is 10.6 Å². The maximum Gasteiger partial charge on any atom is 0.234 e. The van der Waals surface area contributed by atoms with E-state index in [9.17, 15) is 4.79 Å². The van der Waals surface area contributed by atoms with Gasteiger partial charge in [0.15, 0.2) is 0 Å². The third-order valence-corrected chi connectivity index (χ3v) is 2.75. The zero-order valence-corrected chi connectivity index (χ0v) is 11.8. The first-order valence-corrected chi connectivity index (χ1v) is 6.79. The van der Waals surface area contributed by atoms with E-state index in [1.807, 2.05) is 56.3 Å². The fourth-order valence-electron chi connectivity index (χ4n) is 1.90. The topological polar surface area (TPSA) is 54.3 Å². The molecule has 1 aromatic heterocycles. The minimum Gasteiger partial charge on any atom is -0.460 e. The first kappa shape index (κ1) is 14.3. The molecule has 2 rings (SSSR count). The van der Waals surface area contributed by atoms with Crippen LogP contribution in [0.5, 0.6) is 0 Å². The molecule has 2 aromatic rings. The van der Waals surface area contributed by atoms with Gasteiger partial charge in [0, 0.05) is 11.6 Å². The first-order valence-electron chi connectivity index (χ1n) is 6.79. The number of amides is 1. The van der Waals surface area contributed by atoms with Crippen molar-refractivity contribution in [3.05, 3.63) is 48.2 Å². The second kappa shape index (κ2) is 6.91. The lowest BCUT2D eigenvalue weighted by atomic mass is 10.2. The third-order valence-electron chi connectivity index (χ3n) is 2.75. The first-order chi connectivity index (χ1) is 9.65. The average molecular weight is 272 g/mol. The SMILES string of the molecule is CC(C)NC(=O)CNCc1ccc(-c2ccccc2)o1. The quantitative estimate of drug-likeness (QED) is 0.849. The summed E-state index contributed by atoms with van der Waals surface area (Å²) in [5, 5.41) is 5.89. The van der Waals surface area contributed by atoms with Crippen molar-refractivity contribution in [1.29, 1.82) is 0 Å². The van der Waals surface area contributed by atoms with Gasteiger partial charge in [-0.3, -0.25) is 4.79 Å². The lowest BCUT2D eigenvalue weighted by molar-refractivity contribution is -0.120. The van der Waals surface area contributed by atoms with Gasteiger partial charge in [-0.1, -0.05) is 30.3 Å². The lowest BCUT2D eigenvalue weighted by Gasteiger charge is -2.08. The van der Waals surface area contributed by atoms with Crippen molar-refractivity contribution >= 4 is 5.91 Å². The minimum absolute atomic E-state index is 0.00478. The van der Waals surface area contributed by atoms with Crippen molar-refractivity contribution in [3.63, 3.8) is 0 Å². The Bertz CT molecular complexity index is 547. The van der Waals surface area contributed by atoms with Gasteiger partial charge in [0.05, 0.1) is 13.1 Å². The summed E-state index contributed by atoms with van der Waals surface area (Å²) < 4.78 is 5.74. The van der Waals surface area contributed by atoms with E-state index in [1.165, 1.54) is 0 Å². The molecule has 0 bridgehead atoms. The van der Waals surface area contributed by atoms with Crippen molar-refractivity contribution in [3.8, 4) is 11.3 Å². The molecule has 0 aliphatic carbocycles. The molecule has 0 saturated heterocycles. The van der Waals surface area contributed by atoms with Gasteiger partial charge >= 0.3 is 0 Å². The van der Waals surface area contributed by atoms with Gasteiger partial charge in [-0.2, -0.15) is 0 Å². The second-order valence-electron chi connectivity index (χ2n) is 4.96. The molecular weight excluding hydrogens is 252 g/mol. The zero-order chi connectivity index (χ0) is 14.4. The highest BCUT2D eigenvalue weighted by atomic mass is 16.3. The highest BCUT2D eigenvalue weighted by molar-refractivity contribution is 5.78. The normalized spacial score (nSPS) is 10.8. The molecule has 4 heteroatoms. The standard InChI is InChI=1S/C16H20N2O2/c1-12(2)18-16(19)11-17-10-14-8-9-15(20-14)13-6-4-3-5-7-13/h3-9,12,17H,10-11H2,1-2H3,(H,18,19). The van der Waals surface area contributed by atoms with Crippen molar-refractivity contribution in [1.82, 2.24) is 10.6 Å². The van der Waals surface area contributed by atoms with E-state index in [1.54, 1.807) is 0 Å². The number of hydrogen-bond acceptors (Lipinski definition) is 3. The Labute approximate surface area is 119 Å². The van der Waals surface area contributed by atoms with Gasteiger partial charge in [-0.25, -0.2) is 0 Å². The number of carbonyl (C=O) groups excluding carboxylic acids is 1. The number of hydrogen-bond donors (Lipinski definition) is 2. The van der Waals surface area contributed by atoms with Crippen molar-refractivity contribution in [2.24, 2.45) is 0 Å². The average Bonchev–Trinajstić information content (AvgIpc) is 2.88. The van der Waals surface area contributed by atoms with Gasteiger partial charge in [0.1, 0.15) is 11.5 Å². The maximum atomic E-state index is 11.5. The highest BCUT2D eigenvalue weighted by Gasteiger charge is 2.06. The predicted octanol–water partition coefficient (Wildman–Crippen LogP) is 2.56. The lowest BCUT2D eigenvalue weighted by Crippen LogP contribution is -2.37. The van der Waals surface area contributed by atoms with Crippen LogP contribution >= 0.6 is 0 Å². The molecule has 1 amide bonds. The van der Waals surface area contributed by atoms with Crippen LogP contribution in [0.15, 0.2) is 46.9 Å². The minimum atomic E-state index is -0.00478. The van der Waals surface area contributed by atoms with Crippen molar-refractivity contribution < 1.29 is 9.21 Å². The Balaban J connectivity index is 1.83. The molecule has 0 aliphatic rings. The van der Waals surface area contributed by atoms with Crippen LogP contribution in [0.25, 0.3) is 11.3 Å². The molecular formula is C16H20N2O2. The molecule has 1 aromatic carbocycles. The smallest absolute Gasteiger partial charge is 0.234 e. The Hall–Kier alpha value is -2.07. The van der Waals surface area contributed by atoms with Crippen LogP contribution in [0.2, 0.25) is 0 Å². The maximum absolute atomic E-state index is 11.5. The molecule has 0 radical (unpaired) electrons. The summed E-state index contributed by atoms with van der Waals surface area (Å²) in [5.41, 5.74) is 1.05. The third kappa shape index (κ3) is 4.24. The number of furan rings is 1. The summed E-state index contributed by atoms with van der Waals surface area (Å²) in [4.78, 5) is 11.5. The summed E-state index contributed by atoms with van der Waals surface area (Å²) in [7, 11) is 0. The molecule has 2 N–H and O–H groups in total. The van der Waals surface area contributed by atoms with Gasteiger partial charge < -0.3 is 15.1 Å². The van der Waals surface area contributed by atoms with Gasteiger partial charge in [0.25, 0.3) is 0 Å². The molecule has 0 saturated carbocycles. The van der Waals surface area contributed by atoms with E-state index in [0.717, 1.165) is 17.1 Å². The Kier molecular flexibility index (Phi) is 4.96. The zero-order valence-electron chi connectivity index (χ0n) is 11.8. The van der Waals surface area contributed by atoms with Crippen molar-refractivity contribution in [2.75, 3.05) is 6.54 Å². The Morgan fingerprint density at radius 2 is 1.90 bits per heavy atom. The molecule has 0 aliphatic heterocycles. The van der Waals surface area contributed by atoms with E-state index < -0.39 is 0 Å². The molecule has 0 fully saturated rings. The Morgan fingerprint density at radius 3 is 2.60 bits per heavy atom. The molecule has 0 spiro atoms. The van der Waals surface area contributed by atoms with E-state index >= 15 is 0 Å². The predicted molar refractivity (Wildman–Crippen MR) is 79.1 cm³/mol. The molecule has 4 nitrogen and oxygen atoms in total. The molecule has 0 atom stereocenters. The molecule has 106 valence electrons. The largest absolute Gasteiger partial charge is 0.460 e. The summed E-state index contributed by atoms with van der Waals surface area (Å²) in [6, 6.07) is 14.0. The molecule has 1 heterocycles. The van der Waals surface area contributed by atoms with Crippen LogP contribution in [-0.4, -0.2) is 18.5 Å². The van der Waals surface area contributed by atoms with E-state index in [4.69, 9.17) is 4.42 Å². The van der Waals surface area contributed by atoms with Gasteiger partial charge in [-0.05, 0) is 26.0 Å². The van der Waals surface area contributed by atoms with Crippen LogP contribution in [0.4, 0.5) is 0 Å². The van der Waals surface area contributed by atoms with Crippen LogP contribution in [0.1, 0.15) is 19.6 Å². The van der Waals surface area contributed by atoms with Gasteiger partial charge in [0.2, 0.25) is 5.91 Å². The summed E-state index contributed by atoms with van der Waals surface area (Å²) in [6.07, 6.45) is 0. The summed E-state index contributed by atoms with van der Waals surface area (Å²) in [6.45, 7) is 4.71. The number of nitrogens with one attached hydrogen (secondary N) is 2. The second-order valence-corrected chi connectivity index (χ2v) is 4.96. The monoisotopic (exact) mass is 272 g/mol. The van der Waals surface area contributed by atoms with E-state index in [0.29, 0.717) is 13.1 Å². The highest BCUT2D eigenvalue weighted by Crippen LogP contribution is 2.21. The van der Waals surface area contributed by atoms with E-state index in [-0.39, 0.29) is 11.9 Å². The number of carbonyl (C=O) groups is 1. The summed E-state index contributed by atoms with van der Waals surface area (Å²) in [5.74, 6) is 1.66. The number of rotatable bonds is 6. The molecule has 20 heavy (non-hydrogen) atoms. The van der Waals surface area contributed by atoms with Crippen LogP contribution in [0, 0.1) is 0 Å². The summed E-state index contributed by atoms with van der Waals surface area (Å²) >= 11 is 0. The van der Waals surface area contributed by atoms with Crippen LogP contribution in [0.3, 0.4) is 0 Å². The van der Waals surface area contributed by atoms with Crippen molar-refractivity contribution in [2.45, 2.75) is 26.4 Å². The van der Waals surface area contributed by atoms with Gasteiger partial charge in [-0.15, -0.1) is 0 Å². The fraction of sp³-hybridized carbons (Fsp3) is 0.312. The van der Waals surface area contributed by atoms with E-state index in [2.05, 4.69) is 10.6 Å². The van der Waals surface area contributed by atoms with Crippen LogP contribution in [-0.2, 0) is 11.3 Å².